The van der Waals surface area contributed by atoms with Crippen LogP contribution in [0.5, 0.6) is 11.5 Å². The van der Waals surface area contributed by atoms with Crippen molar-refractivity contribution in [3.05, 3.63) is 54.0 Å². The molecule has 164 valence electrons. The Morgan fingerprint density at radius 2 is 1.66 bits per heavy atom. The van der Waals surface area contributed by atoms with Crippen molar-refractivity contribution in [1.82, 2.24) is 19.9 Å². The molecule has 32 heavy (non-hydrogen) atoms. The van der Waals surface area contributed by atoms with Gasteiger partial charge >= 0.3 is 0 Å². The molecule has 2 aliphatic heterocycles. The topological polar surface area (TPSA) is 99.6 Å². The quantitative estimate of drug-likeness (QED) is 0.605. The van der Waals surface area contributed by atoms with Crippen LogP contribution in [-0.2, 0) is 4.74 Å². The van der Waals surface area contributed by atoms with E-state index in [0.29, 0.717) is 47.7 Å². The molecule has 4 heterocycles. The predicted molar refractivity (Wildman–Crippen MR) is 116 cm³/mol. The van der Waals surface area contributed by atoms with Gasteiger partial charge in [-0.1, -0.05) is 0 Å². The molecule has 0 N–H and O–H groups in total. The molecule has 0 radical (unpaired) electrons. The van der Waals surface area contributed by atoms with E-state index in [4.69, 9.17) is 14.2 Å². The van der Waals surface area contributed by atoms with Crippen LogP contribution in [-0.4, -0.2) is 53.3 Å². The highest BCUT2D eigenvalue weighted by Gasteiger charge is 2.44. The number of benzene rings is 1. The van der Waals surface area contributed by atoms with Crippen LogP contribution in [0.25, 0.3) is 11.6 Å². The lowest BCUT2D eigenvalue weighted by atomic mass is 9.86. The number of ether oxygens (including phenoxy) is 3. The van der Waals surface area contributed by atoms with Gasteiger partial charge in [0, 0.05) is 37.4 Å². The molecule has 1 atom stereocenters. The van der Waals surface area contributed by atoms with Gasteiger partial charge in [-0.25, -0.2) is 19.9 Å². The van der Waals surface area contributed by atoms with Crippen molar-refractivity contribution in [3.8, 4) is 23.1 Å². The first-order valence-electron chi connectivity index (χ1n) is 10.5. The van der Waals surface area contributed by atoms with Gasteiger partial charge in [0.1, 0.15) is 5.82 Å². The van der Waals surface area contributed by atoms with Gasteiger partial charge in [0.25, 0.3) is 5.91 Å². The average molecular weight is 433 g/mol. The fraction of sp³-hybridized carbons (Fsp3) is 0.348. The van der Waals surface area contributed by atoms with Gasteiger partial charge in [-0.2, -0.15) is 0 Å². The molecule has 0 spiro atoms. The summed E-state index contributed by atoms with van der Waals surface area (Å²) < 4.78 is 16.6. The zero-order valence-electron chi connectivity index (χ0n) is 17.9. The molecule has 1 amide bonds. The third-order valence-corrected chi connectivity index (χ3v) is 5.97. The maximum Gasteiger partial charge on any atom is 0.260 e. The van der Waals surface area contributed by atoms with Crippen molar-refractivity contribution in [2.45, 2.75) is 18.9 Å². The summed E-state index contributed by atoms with van der Waals surface area (Å²) in [7, 11) is 3.16. The number of nitrogens with zero attached hydrogens (tertiary/aromatic N) is 5. The molecule has 2 aromatic heterocycles. The van der Waals surface area contributed by atoms with Gasteiger partial charge in [-0.05, 0) is 48.6 Å². The minimum atomic E-state index is -0.194. The van der Waals surface area contributed by atoms with E-state index in [9.17, 15) is 4.79 Å². The van der Waals surface area contributed by atoms with Crippen molar-refractivity contribution >= 4 is 11.7 Å². The van der Waals surface area contributed by atoms with Crippen LogP contribution < -0.4 is 14.4 Å². The summed E-state index contributed by atoms with van der Waals surface area (Å²) in [6.45, 7) is 1.33. The Kier molecular flexibility index (Phi) is 5.40. The van der Waals surface area contributed by atoms with E-state index >= 15 is 0 Å². The molecule has 0 aliphatic carbocycles. The van der Waals surface area contributed by atoms with E-state index in [1.807, 2.05) is 6.07 Å². The largest absolute Gasteiger partial charge is 0.493 e. The molecule has 1 saturated heterocycles. The second kappa shape index (κ2) is 8.51. The number of aromatic nitrogens is 4. The number of carbonyl (C=O) groups excluding carboxylic acids is 1. The van der Waals surface area contributed by atoms with Gasteiger partial charge in [-0.15, -0.1) is 0 Å². The first-order chi connectivity index (χ1) is 15.7. The van der Waals surface area contributed by atoms with Crippen LogP contribution in [0.2, 0.25) is 0 Å². The Morgan fingerprint density at radius 1 is 0.969 bits per heavy atom. The van der Waals surface area contributed by atoms with Crippen molar-refractivity contribution < 1.29 is 19.0 Å². The summed E-state index contributed by atoms with van der Waals surface area (Å²) in [6, 6.07) is 6.95. The Labute approximate surface area is 185 Å². The third-order valence-electron chi connectivity index (χ3n) is 5.97. The number of carbonyl (C=O) groups is 1. The fourth-order valence-electron chi connectivity index (χ4n) is 4.47. The Hall–Kier alpha value is -3.59. The Bertz CT molecular complexity index is 1130. The smallest absolute Gasteiger partial charge is 0.260 e. The normalized spacial score (nSPS) is 18.5. The summed E-state index contributed by atoms with van der Waals surface area (Å²) >= 11 is 0. The van der Waals surface area contributed by atoms with Crippen LogP contribution >= 0.6 is 0 Å². The number of methoxy groups -OCH3 is 2. The van der Waals surface area contributed by atoms with Gasteiger partial charge in [0.05, 0.1) is 20.3 Å². The van der Waals surface area contributed by atoms with Crippen molar-refractivity contribution in [3.63, 3.8) is 0 Å². The van der Waals surface area contributed by atoms with Gasteiger partial charge < -0.3 is 14.2 Å². The third kappa shape index (κ3) is 3.44. The number of hydrogen-bond donors (Lipinski definition) is 0. The van der Waals surface area contributed by atoms with E-state index in [1.54, 1.807) is 55.9 Å². The summed E-state index contributed by atoms with van der Waals surface area (Å²) in [6.07, 6.45) is 6.60. The average Bonchev–Trinajstić information content (AvgIpc) is 3.15. The highest BCUT2D eigenvalue weighted by atomic mass is 16.5. The number of amides is 1. The predicted octanol–water partition coefficient (Wildman–Crippen LogP) is 3.08. The van der Waals surface area contributed by atoms with Crippen molar-refractivity contribution in [1.29, 1.82) is 0 Å². The molecule has 0 bridgehead atoms. The van der Waals surface area contributed by atoms with Crippen LogP contribution in [0.1, 0.15) is 34.8 Å². The Morgan fingerprint density at radius 3 is 2.38 bits per heavy atom. The number of anilines is 1. The number of fused-ring (bicyclic) bond motifs is 1. The molecule has 1 fully saturated rings. The van der Waals surface area contributed by atoms with Crippen LogP contribution in [0.15, 0.2) is 42.9 Å². The maximum atomic E-state index is 13.7. The highest BCUT2D eigenvalue weighted by molar-refractivity contribution is 6.11. The summed E-state index contributed by atoms with van der Waals surface area (Å²) in [5.74, 6) is 2.50. The van der Waals surface area contributed by atoms with Gasteiger partial charge in [0.15, 0.2) is 23.1 Å². The number of hydrogen-bond acceptors (Lipinski definition) is 8. The lowest BCUT2D eigenvalue weighted by molar-refractivity contribution is 0.0571. The molecular weight excluding hydrogens is 410 g/mol. The fourth-order valence-corrected chi connectivity index (χ4v) is 4.47. The first kappa shape index (κ1) is 20.3. The SMILES string of the molecule is COc1cc2c(cc1OC)[C@H](C1CCOCC1)N(c1ccnc(-c3ncccn3)n1)C2=O. The van der Waals surface area contributed by atoms with E-state index in [2.05, 4.69) is 19.9 Å². The molecule has 0 unspecified atom stereocenters. The van der Waals surface area contributed by atoms with E-state index in [1.165, 1.54) is 0 Å². The van der Waals surface area contributed by atoms with E-state index in [-0.39, 0.29) is 17.9 Å². The second-order valence-electron chi connectivity index (χ2n) is 7.68. The number of rotatable bonds is 5. The molecular formula is C23H23N5O4. The molecule has 9 nitrogen and oxygen atoms in total. The maximum absolute atomic E-state index is 13.7. The minimum absolute atomic E-state index is 0.129. The molecule has 5 rings (SSSR count). The van der Waals surface area contributed by atoms with Crippen molar-refractivity contribution in [2.75, 3.05) is 32.3 Å². The van der Waals surface area contributed by atoms with Gasteiger partial charge in [-0.3, -0.25) is 9.69 Å². The zero-order valence-corrected chi connectivity index (χ0v) is 17.9. The second-order valence-corrected chi connectivity index (χ2v) is 7.68. The van der Waals surface area contributed by atoms with Gasteiger partial charge in [0.2, 0.25) is 0 Å². The highest BCUT2D eigenvalue weighted by Crippen LogP contribution is 2.47. The van der Waals surface area contributed by atoms with Crippen LogP contribution in [0.3, 0.4) is 0 Å². The van der Waals surface area contributed by atoms with Crippen LogP contribution in [0.4, 0.5) is 5.82 Å². The van der Waals surface area contributed by atoms with E-state index < -0.39 is 0 Å². The molecule has 2 aliphatic rings. The van der Waals surface area contributed by atoms with Crippen molar-refractivity contribution in [2.24, 2.45) is 5.92 Å². The minimum Gasteiger partial charge on any atom is -0.493 e. The van der Waals surface area contributed by atoms with E-state index in [0.717, 1.165) is 18.4 Å². The molecule has 9 heteroatoms. The van der Waals surface area contributed by atoms with Crippen LogP contribution in [0, 0.1) is 5.92 Å². The Balaban J connectivity index is 1.63. The first-order valence-corrected chi connectivity index (χ1v) is 10.5. The summed E-state index contributed by atoms with van der Waals surface area (Å²) in [5.41, 5.74) is 1.51. The monoisotopic (exact) mass is 433 g/mol. The summed E-state index contributed by atoms with van der Waals surface area (Å²) in [4.78, 5) is 32.9. The molecule has 1 aromatic carbocycles. The summed E-state index contributed by atoms with van der Waals surface area (Å²) in [5, 5.41) is 0. The lowest BCUT2D eigenvalue weighted by Crippen LogP contribution is -2.35. The molecule has 0 saturated carbocycles. The zero-order chi connectivity index (χ0) is 22.1. The lowest BCUT2D eigenvalue weighted by Gasteiger charge is -2.34. The standard InChI is InChI=1S/C23H23N5O4/c1-30-17-12-15-16(13-18(17)31-2)23(29)28(20(15)14-5-10-32-11-6-14)19-4-9-26-22(27-19)21-24-7-3-8-25-21/h3-4,7-9,12-14,20H,5-6,10-11H2,1-2H3/t20-/m0/s1. The molecule has 3 aromatic rings.